The summed E-state index contributed by atoms with van der Waals surface area (Å²) in [5.41, 5.74) is 0. The monoisotopic (exact) mass is 300 g/mol. The predicted molar refractivity (Wildman–Crippen MR) is 73.1 cm³/mol. The minimum atomic E-state index is 0.275. The van der Waals surface area contributed by atoms with Crippen LogP contribution in [0.25, 0.3) is 0 Å². The first kappa shape index (κ1) is 13.1. The van der Waals surface area contributed by atoms with Crippen LogP contribution in [-0.4, -0.2) is 31.1 Å². The quantitative estimate of drug-likeness (QED) is 0.926. The van der Waals surface area contributed by atoms with Crippen LogP contribution in [0.2, 0.25) is 0 Å². The van der Waals surface area contributed by atoms with E-state index in [2.05, 4.69) is 40.1 Å². The average Bonchev–Trinajstić information content (AvgIpc) is 2.74. The molecule has 2 atom stereocenters. The molecule has 2 heterocycles. The number of hydrogen-bond donors (Lipinski definition) is 1. The Labute approximate surface area is 112 Å². The first-order valence-electron chi connectivity index (χ1n) is 6.35. The molecule has 2 rings (SSSR count). The zero-order chi connectivity index (χ0) is 12.3. The minimum absolute atomic E-state index is 0.275. The number of halogens is 1. The summed E-state index contributed by atoms with van der Waals surface area (Å²) in [7, 11) is 2.22. The van der Waals surface area contributed by atoms with Crippen LogP contribution in [0.4, 0.5) is 0 Å². The van der Waals surface area contributed by atoms with Crippen molar-refractivity contribution in [2.24, 2.45) is 0 Å². The van der Waals surface area contributed by atoms with Crippen molar-refractivity contribution in [2.75, 3.05) is 20.1 Å². The van der Waals surface area contributed by atoms with Gasteiger partial charge in [-0.2, -0.15) is 0 Å². The summed E-state index contributed by atoms with van der Waals surface area (Å²) in [4.78, 5) is 2.46. The molecule has 1 aliphatic rings. The van der Waals surface area contributed by atoms with E-state index in [4.69, 9.17) is 4.42 Å². The Balaban J connectivity index is 1.81. The molecule has 1 aromatic rings. The van der Waals surface area contributed by atoms with Crippen LogP contribution >= 0.6 is 15.9 Å². The van der Waals surface area contributed by atoms with Gasteiger partial charge in [-0.3, -0.25) is 0 Å². The molecule has 0 saturated carbocycles. The Hall–Kier alpha value is -0.320. The third-order valence-corrected chi connectivity index (χ3v) is 4.03. The smallest absolute Gasteiger partial charge is 0.169 e. The molecule has 0 bridgehead atoms. The summed E-state index contributed by atoms with van der Waals surface area (Å²) in [5, 5.41) is 3.56. The number of nitrogens with zero attached hydrogens (tertiary/aromatic N) is 1. The molecular weight excluding hydrogens is 280 g/mol. The van der Waals surface area contributed by atoms with Crippen LogP contribution in [-0.2, 0) is 0 Å². The SMILES string of the molecule is CC(NCC1CCCCN1C)c1ccc(Br)o1. The molecule has 96 valence electrons. The van der Waals surface area contributed by atoms with E-state index < -0.39 is 0 Å². The van der Waals surface area contributed by atoms with E-state index in [0.29, 0.717) is 6.04 Å². The number of likely N-dealkylation sites (N-methyl/N-ethyl adjacent to an activating group) is 1. The summed E-state index contributed by atoms with van der Waals surface area (Å²) in [6, 6.07) is 4.91. The third kappa shape index (κ3) is 3.57. The number of hydrogen-bond acceptors (Lipinski definition) is 3. The van der Waals surface area contributed by atoms with Crippen molar-refractivity contribution in [1.82, 2.24) is 10.2 Å². The van der Waals surface area contributed by atoms with Gasteiger partial charge in [0.15, 0.2) is 4.67 Å². The molecule has 0 amide bonds. The highest BCUT2D eigenvalue weighted by Crippen LogP contribution is 2.21. The fourth-order valence-corrected chi connectivity index (χ4v) is 2.70. The lowest BCUT2D eigenvalue weighted by atomic mass is 10.0. The molecule has 4 heteroatoms. The molecule has 1 aromatic heterocycles. The third-order valence-electron chi connectivity index (χ3n) is 3.60. The highest BCUT2D eigenvalue weighted by molar-refractivity contribution is 9.10. The number of piperidine rings is 1. The Bertz CT molecular complexity index is 353. The van der Waals surface area contributed by atoms with E-state index in [1.807, 2.05) is 12.1 Å². The topological polar surface area (TPSA) is 28.4 Å². The molecule has 1 saturated heterocycles. The van der Waals surface area contributed by atoms with Crippen molar-refractivity contribution in [2.45, 2.75) is 38.3 Å². The Morgan fingerprint density at radius 2 is 2.35 bits per heavy atom. The molecule has 17 heavy (non-hydrogen) atoms. The number of rotatable bonds is 4. The molecule has 1 aliphatic heterocycles. The van der Waals surface area contributed by atoms with E-state index in [-0.39, 0.29) is 6.04 Å². The maximum Gasteiger partial charge on any atom is 0.169 e. The maximum atomic E-state index is 5.55. The first-order valence-corrected chi connectivity index (χ1v) is 7.15. The lowest BCUT2D eigenvalue weighted by Gasteiger charge is -2.33. The second-order valence-corrected chi connectivity index (χ2v) is 5.68. The molecule has 2 unspecified atom stereocenters. The van der Waals surface area contributed by atoms with Gasteiger partial charge in [-0.05, 0) is 61.4 Å². The minimum Gasteiger partial charge on any atom is -0.453 e. The predicted octanol–water partition coefficient (Wildman–Crippen LogP) is 3.18. The van der Waals surface area contributed by atoms with Crippen molar-refractivity contribution >= 4 is 15.9 Å². The van der Waals surface area contributed by atoms with E-state index in [1.165, 1.54) is 25.8 Å². The zero-order valence-corrected chi connectivity index (χ0v) is 12.2. The van der Waals surface area contributed by atoms with Gasteiger partial charge in [-0.1, -0.05) is 6.42 Å². The van der Waals surface area contributed by atoms with Gasteiger partial charge in [0.2, 0.25) is 0 Å². The Kier molecular flexibility index (Phi) is 4.65. The van der Waals surface area contributed by atoms with Crippen molar-refractivity contribution in [3.05, 3.63) is 22.6 Å². The van der Waals surface area contributed by atoms with Gasteiger partial charge in [-0.15, -0.1) is 0 Å². The summed E-state index contributed by atoms with van der Waals surface area (Å²) in [6.45, 7) is 4.41. The maximum absolute atomic E-state index is 5.55. The summed E-state index contributed by atoms with van der Waals surface area (Å²) in [6.07, 6.45) is 4.00. The largest absolute Gasteiger partial charge is 0.453 e. The van der Waals surface area contributed by atoms with E-state index >= 15 is 0 Å². The Morgan fingerprint density at radius 3 is 3.00 bits per heavy atom. The molecule has 1 N–H and O–H groups in total. The van der Waals surface area contributed by atoms with Gasteiger partial charge < -0.3 is 14.6 Å². The van der Waals surface area contributed by atoms with Gasteiger partial charge >= 0.3 is 0 Å². The van der Waals surface area contributed by atoms with Crippen molar-refractivity contribution in [3.63, 3.8) is 0 Å². The number of nitrogens with one attached hydrogen (secondary N) is 1. The van der Waals surface area contributed by atoms with Crippen LogP contribution < -0.4 is 5.32 Å². The van der Waals surface area contributed by atoms with Crippen LogP contribution in [0.15, 0.2) is 21.2 Å². The van der Waals surface area contributed by atoms with Crippen LogP contribution in [0.3, 0.4) is 0 Å². The summed E-state index contributed by atoms with van der Waals surface area (Å²) < 4.78 is 6.35. The fourth-order valence-electron chi connectivity index (χ4n) is 2.38. The average molecular weight is 301 g/mol. The second-order valence-electron chi connectivity index (χ2n) is 4.90. The van der Waals surface area contributed by atoms with E-state index in [0.717, 1.165) is 17.0 Å². The molecule has 0 radical (unpaired) electrons. The van der Waals surface area contributed by atoms with Crippen molar-refractivity contribution < 1.29 is 4.42 Å². The molecule has 1 fully saturated rings. The number of furan rings is 1. The second kappa shape index (κ2) is 6.03. The molecule has 3 nitrogen and oxygen atoms in total. The standard InChI is InChI=1S/C13H21BrN2O/c1-10(12-6-7-13(14)17-12)15-9-11-5-3-4-8-16(11)2/h6-7,10-11,15H,3-5,8-9H2,1-2H3. The van der Waals surface area contributed by atoms with Crippen molar-refractivity contribution in [3.8, 4) is 0 Å². The fraction of sp³-hybridized carbons (Fsp3) is 0.692. The molecule has 0 aliphatic carbocycles. The molecule has 0 aromatic carbocycles. The summed E-state index contributed by atoms with van der Waals surface area (Å²) in [5.74, 6) is 0.996. The van der Waals surface area contributed by atoms with Crippen molar-refractivity contribution in [1.29, 1.82) is 0 Å². The number of likely N-dealkylation sites (tertiary alicyclic amines) is 1. The molecular formula is C13H21BrN2O. The van der Waals surface area contributed by atoms with Gasteiger partial charge in [0.25, 0.3) is 0 Å². The highest BCUT2D eigenvalue weighted by Gasteiger charge is 2.19. The normalized spacial score (nSPS) is 23.8. The summed E-state index contributed by atoms with van der Waals surface area (Å²) >= 11 is 3.34. The Morgan fingerprint density at radius 1 is 1.53 bits per heavy atom. The van der Waals surface area contributed by atoms with Crippen LogP contribution in [0.5, 0.6) is 0 Å². The van der Waals surface area contributed by atoms with Gasteiger partial charge in [0.05, 0.1) is 6.04 Å². The van der Waals surface area contributed by atoms with Crippen LogP contribution in [0, 0.1) is 0 Å². The van der Waals surface area contributed by atoms with E-state index in [9.17, 15) is 0 Å². The van der Waals surface area contributed by atoms with Crippen LogP contribution in [0.1, 0.15) is 38.0 Å². The van der Waals surface area contributed by atoms with Gasteiger partial charge in [0, 0.05) is 12.6 Å². The highest BCUT2D eigenvalue weighted by atomic mass is 79.9. The lowest BCUT2D eigenvalue weighted by molar-refractivity contribution is 0.177. The van der Waals surface area contributed by atoms with E-state index in [1.54, 1.807) is 0 Å². The molecule has 0 spiro atoms. The van der Waals surface area contributed by atoms with Gasteiger partial charge in [-0.25, -0.2) is 0 Å². The van der Waals surface area contributed by atoms with Gasteiger partial charge in [0.1, 0.15) is 5.76 Å². The zero-order valence-electron chi connectivity index (χ0n) is 10.6. The first-order chi connectivity index (χ1) is 8.16. The lowest BCUT2D eigenvalue weighted by Crippen LogP contribution is -2.43.